The van der Waals surface area contributed by atoms with Crippen molar-refractivity contribution in [1.29, 1.82) is 0 Å². The van der Waals surface area contributed by atoms with Crippen LogP contribution in [0, 0.1) is 0 Å². The van der Waals surface area contributed by atoms with Gasteiger partial charge in [-0.25, -0.2) is 8.42 Å². The van der Waals surface area contributed by atoms with Gasteiger partial charge in [0.1, 0.15) is 4.90 Å². The number of benzene rings is 1. The largest absolute Gasteiger partial charge is 0.352 e. The summed E-state index contributed by atoms with van der Waals surface area (Å²) in [6.45, 7) is 0.509. The first-order valence-corrected chi connectivity index (χ1v) is 8.23. The van der Waals surface area contributed by atoms with Gasteiger partial charge in [0.05, 0.1) is 0 Å². The Kier molecular flexibility index (Phi) is 4.73. The van der Waals surface area contributed by atoms with Crippen molar-refractivity contribution in [3.63, 3.8) is 0 Å². The van der Waals surface area contributed by atoms with Crippen molar-refractivity contribution in [3.05, 3.63) is 52.8 Å². The van der Waals surface area contributed by atoms with E-state index in [2.05, 4.69) is 0 Å². The number of hydrogen-bond donors (Lipinski definition) is 1. The second kappa shape index (κ2) is 6.19. The second-order valence-electron chi connectivity index (χ2n) is 4.83. The molecule has 1 aromatic carbocycles. The molecule has 5 nitrogen and oxygen atoms in total. The van der Waals surface area contributed by atoms with E-state index in [0.717, 1.165) is 11.3 Å². The van der Waals surface area contributed by atoms with Gasteiger partial charge in [0.15, 0.2) is 0 Å². The summed E-state index contributed by atoms with van der Waals surface area (Å²) in [4.78, 5) is 0.236. The molecular weight excluding hydrogens is 310 g/mol. The summed E-state index contributed by atoms with van der Waals surface area (Å²) in [7, 11) is -0.259. The SMILES string of the molecule is CN(Cc1ccccc1Cl)S(=O)(=O)c1cc(CN)n(C)c1. The van der Waals surface area contributed by atoms with E-state index in [1.165, 1.54) is 11.4 Å². The molecule has 1 aromatic heterocycles. The van der Waals surface area contributed by atoms with Crippen LogP contribution in [-0.4, -0.2) is 24.3 Å². The highest BCUT2D eigenvalue weighted by Gasteiger charge is 2.23. The molecule has 21 heavy (non-hydrogen) atoms. The van der Waals surface area contributed by atoms with Crippen LogP contribution < -0.4 is 5.73 Å². The minimum atomic E-state index is -3.57. The fraction of sp³-hybridized carbons (Fsp3) is 0.286. The maximum absolute atomic E-state index is 12.6. The standard InChI is InChI=1S/C14H18ClN3O2S/c1-17-10-13(7-12(17)8-16)21(19,20)18(2)9-11-5-3-4-6-14(11)15/h3-7,10H,8-9,16H2,1-2H3. The van der Waals surface area contributed by atoms with Crippen LogP contribution in [0.1, 0.15) is 11.3 Å². The predicted molar refractivity (Wildman–Crippen MR) is 83.4 cm³/mol. The minimum absolute atomic E-state index is 0.217. The second-order valence-corrected chi connectivity index (χ2v) is 7.29. The quantitative estimate of drug-likeness (QED) is 0.912. The lowest BCUT2D eigenvalue weighted by Gasteiger charge is -2.17. The maximum Gasteiger partial charge on any atom is 0.244 e. The van der Waals surface area contributed by atoms with Crippen LogP contribution >= 0.6 is 11.6 Å². The smallest absolute Gasteiger partial charge is 0.244 e. The summed E-state index contributed by atoms with van der Waals surface area (Å²) in [5.74, 6) is 0. The van der Waals surface area contributed by atoms with Gasteiger partial charge in [0, 0.05) is 44.1 Å². The van der Waals surface area contributed by atoms with Crippen molar-refractivity contribution in [3.8, 4) is 0 Å². The molecule has 0 amide bonds. The highest BCUT2D eigenvalue weighted by molar-refractivity contribution is 7.89. The molecule has 0 bridgehead atoms. The van der Waals surface area contributed by atoms with Crippen LogP contribution in [0.15, 0.2) is 41.4 Å². The number of aryl methyl sites for hydroxylation is 1. The number of sulfonamides is 1. The van der Waals surface area contributed by atoms with Gasteiger partial charge < -0.3 is 10.3 Å². The molecule has 1 heterocycles. The van der Waals surface area contributed by atoms with E-state index < -0.39 is 10.0 Å². The molecule has 114 valence electrons. The molecule has 0 aliphatic heterocycles. The Balaban J connectivity index is 2.28. The van der Waals surface area contributed by atoms with Crippen molar-refractivity contribution in [2.24, 2.45) is 12.8 Å². The molecule has 0 spiro atoms. The molecular formula is C14H18ClN3O2S. The molecule has 0 saturated heterocycles. The summed E-state index contributed by atoms with van der Waals surface area (Å²) in [6.07, 6.45) is 1.57. The number of halogens is 1. The van der Waals surface area contributed by atoms with Gasteiger partial charge in [-0.3, -0.25) is 0 Å². The highest BCUT2D eigenvalue weighted by atomic mass is 35.5. The molecule has 0 radical (unpaired) electrons. The zero-order chi connectivity index (χ0) is 15.6. The van der Waals surface area contributed by atoms with Gasteiger partial charge in [0.25, 0.3) is 0 Å². The lowest BCUT2D eigenvalue weighted by Crippen LogP contribution is -2.26. The molecule has 0 atom stereocenters. The van der Waals surface area contributed by atoms with E-state index in [0.29, 0.717) is 11.6 Å². The summed E-state index contributed by atoms with van der Waals surface area (Å²) in [5, 5.41) is 0.551. The van der Waals surface area contributed by atoms with E-state index >= 15 is 0 Å². The van der Waals surface area contributed by atoms with E-state index in [4.69, 9.17) is 17.3 Å². The number of nitrogens with zero attached hydrogens (tertiary/aromatic N) is 2. The summed E-state index contributed by atoms with van der Waals surface area (Å²) in [5.41, 5.74) is 7.11. The lowest BCUT2D eigenvalue weighted by atomic mass is 10.2. The number of nitrogens with two attached hydrogens (primary N) is 1. The van der Waals surface area contributed by atoms with E-state index in [-0.39, 0.29) is 11.4 Å². The Morgan fingerprint density at radius 3 is 2.57 bits per heavy atom. The van der Waals surface area contributed by atoms with E-state index in [1.54, 1.807) is 29.9 Å². The van der Waals surface area contributed by atoms with Gasteiger partial charge in [-0.2, -0.15) is 4.31 Å². The normalized spacial score (nSPS) is 12.0. The van der Waals surface area contributed by atoms with Gasteiger partial charge >= 0.3 is 0 Å². The molecule has 2 N–H and O–H groups in total. The lowest BCUT2D eigenvalue weighted by molar-refractivity contribution is 0.466. The zero-order valence-corrected chi connectivity index (χ0v) is 13.5. The number of aromatic nitrogens is 1. The number of rotatable bonds is 5. The van der Waals surface area contributed by atoms with Crippen molar-refractivity contribution >= 4 is 21.6 Å². The Morgan fingerprint density at radius 2 is 2.00 bits per heavy atom. The van der Waals surface area contributed by atoms with Crippen LogP contribution in [0.5, 0.6) is 0 Å². The Hall–Kier alpha value is -1.34. The Labute approximate surface area is 130 Å². The zero-order valence-electron chi connectivity index (χ0n) is 12.0. The fourth-order valence-corrected chi connectivity index (χ4v) is 3.49. The molecule has 2 aromatic rings. The van der Waals surface area contributed by atoms with E-state index in [1.807, 2.05) is 18.2 Å². The third-order valence-electron chi connectivity index (χ3n) is 3.35. The summed E-state index contributed by atoms with van der Waals surface area (Å²) >= 11 is 6.07. The fourth-order valence-electron chi connectivity index (χ4n) is 2.05. The first-order valence-electron chi connectivity index (χ1n) is 6.41. The van der Waals surface area contributed by atoms with Crippen LogP contribution in [0.25, 0.3) is 0 Å². The van der Waals surface area contributed by atoms with Crippen LogP contribution in [0.4, 0.5) is 0 Å². The van der Waals surface area contributed by atoms with Gasteiger partial charge in [-0.15, -0.1) is 0 Å². The van der Waals surface area contributed by atoms with Gasteiger partial charge in [-0.05, 0) is 17.7 Å². The van der Waals surface area contributed by atoms with Crippen molar-refractivity contribution < 1.29 is 8.42 Å². The third kappa shape index (κ3) is 3.29. The first kappa shape index (κ1) is 16.0. The van der Waals surface area contributed by atoms with Crippen molar-refractivity contribution in [2.75, 3.05) is 7.05 Å². The monoisotopic (exact) mass is 327 g/mol. The Bertz CT molecular complexity index is 740. The molecule has 2 rings (SSSR count). The predicted octanol–water partition coefficient (Wildman–Crippen LogP) is 1.96. The molecule has 7 heteroatoms. The van der Waals surface area contributed by atoms with Crippen molar-refractivity contribution in [1.82, 2.24) is 8.87 Å². The Morgan fingerprint density at radius 1 is 1.33 bits per heavy atom. The average molecular weight is 328 g/mol. The maximum atomic E-state index is 12.6. The molecule has 0 fully saturated rings. The summed E-state index contributed by atoms with van der Waals surface area (Å²) in [6, 6.07) is 8.79. The summed E-state index contributed by atoms with van der Waals surface area (Å²) < 4.78 is 28.1. The van der Waals surface area contributed by atoms with Crippen LogP contribution in [0.3, 0.4) is 0 Å². The van der Waals surface area contributed by atoms with Crippen LogP contribution in [0.2, 0.25) is 5.02 Å². The molecule has 0 aliphatic carbocycles. The molecule has 0 saturated carbocycles. The van der Waals surface area contributed by atoms with Crippen molar-refractivity contribution in [2.45, 2.75) is 18.0 Å². The average Bonchev–Trinajstić information content (AvgIpc) is 2.83. The van der Waals surface area contributed by atoms with Gasteiger partial charge in [0.2, 0.25) is 10.0 Å². The van der Waals surface area contributed by atoms with E-state index in [9.17, 15) is 8.42 Å². The molecule has 0 unspecified atom stereocenters. The number of hydrogen-bond acceptors (Lipinski definition) is 3. The topological polar surface area (TPSA) is 68.3 Å². The molecule has 0 aliphatic rings. The minimum Gasteiger partial charge on any atom is -0.352 e. The highest BCUT2D eigenvalue weighted by Crippen LogP contribution is 2.22. The third-order valence-corrected chi connectivity index (χ3v) is 5.49. The van der Waals surface area contributed by atoms with Crippen LogP contribution in [-0.2, 0) is 30.2 Å². The first-order chi connectivity index (χ1) is 9.86. The van der Waals surface area contributed by atoms with Gasteiger partial charge in [-0.1, -0.05) is 29.8 Å².